The number of carbonyl (C=O) groups is 2. The van der Waals surface area contributed by atoms with Gasteiger partial charge in [0.05, 0.1) is 31.4 Å². The first kappa shape index (κ1) is 32.9. The average Bonchev–Trinajstić information content (AvgIpc) is 3.39. The predicted octanol–water partition coefficient (Wildman–Crippen LogP) is 3.70. The summed E-state index contributed by atoms with van der Waals surface area (Å²) in [4.78, 5) is 25.7. The molecule has 250 valence electrons. The van der Waals surface area contributed by atoms with Gasteiger partial charge in [0, 0.05) is 19.3 Å². The van der Waals surface area contributed by atoms with E-state index in [0.29, 0.717) is 18.8 Å². The first-order valence-corrected chi connectivity index (χ1v) is 17.8. The molecule has 5 aliphatic rings. The molecule has 11 atom stereocenters. The fourth-order valence-corrected chi connectivity index (χ4v) is 11.3. The maximum Gasteiger partial charge on any atom is 0.345 e. The van der Waals surface area contributed by atoms with Gasteiger partial charge < -0.3 is 30.1 Å². The number of hydrogen-bond donors (Lipinski definition) is 4. The van der Waals surface area contributed by atoms with E-state index in [0.717, 1.165) is 70.0 Å². The molecule has 0 amide bonds. The minimum absolute atomic E-state index is 0.0518. The molecule has 5 fully saturated rings. The van der Waals surface area contributed by atoms with Crippen molar-refractivity contribution >= 4 is 11.9 Å². The molecule has 0 bridgehead atoms. The number of fused-ring (bicyclic) bond motifs is 5. The number of esters is 2. The number of quaternary nitrogens is 1. The zero-order valence-corrected chi connectivity index (χ0v) is 27.5. The number of nitrogens with two attached hydrogens (primary N) is 1. The van der Waals surface area contributed by atoms with E-state index >= 15 is 0 Å². The molecule has 45 heavy (non-hydrogen) atoms. The van der Waals surface area contributed by atoms with Crippen LogP contribution in [0.25, 0.3) is 0 Å². The first-order valence-electron chi connectivity index (χ1n) is 17.8. The number of aliphatic hydroxyl groups excluding tert-OH is 3. The van der Waals surface area contributed by atoms with Crippen molar-refractivity contribution in [1.82, 2.24) is 0 Å². The molecule has 4 saturated carbocycles. The van der Waals surface area contributed by atoms with Crippen molar-refractivity contribution < 1.29 is 39.7 Å². The first-order chi connectivity index (χ1) is 21.5. The summed E-state index contributed by atoms with van der Waals surface area (Å²) in [7, 11) is 0. The van der Waals surface area contributed by atoms with Crippen LogP contribution in [-0.4, -0.2) is 65.3 Å². The van der Waals surface area contributed by atoms with Crippen LogP contribution >= 0.6 is 0 Å². The van der Waals surface area contributed by atoms with Crippen LogP contribution in [0.5, 0.6) is 0 Å². The van der Waals surface area contributed by atoms with Crippen LogP contribution in [0.4, 0.5) is 0 Å². The quantitative estimate of drug-likeness (QED) is 0.324. The number of aliphatic hydroxyl groups is 3. The molecule has 1 aromatic rings. The second kappa shape index (κ2) is 12.9. The van der Waals surface area contributed by atoms with Crippen LogP contribution in [0.1, 0.15) is 97.0 Å². The molecule has 3 unspecified atom stereocenters. The van der Waals surface area contributed by atoms with Gasteiger partial charge in [-0.3, -0.25) is 4.79 Å². The van der Waals surface area contributed by atoms with Crippen molar-refractivity contribution in [2.24, 2.45) is 46.3 Å². The molecule has 1 aliphatic heterocycles. The monoisotopic (exact) mass is 626 g/mol. The van der Waals surface area contributed by atoms with Gasteiger partial charge in [-0.25, -0.2) is 4.79 Å². The lowest BCUT2D eigenvalue weighted by molar-refractivity contribution is -0.668. The van der Waals surface area contributed by atoms with Crippen LogP contribution < -0.4 is 5.32 Å². The molecule has 5 N–H and O–H groups in total. The van der Waals surface area contributed by atoms with Gasteiger partial charge in [-0.1, -0.05) is 51.1 Å². The van der Waals surface area contributed by atoms with Crippen molar-refractivity contribution in [1.29, 1.82) is 0 Å². The van der Waals surface area contributed by atoms with Crippen molar-refractivity contribution in [3.8, 4) is 0 Å². The third-order valence-corrected chi connectivity index (χ3v) is 13.8. The van der Waals surface area contributed by atoms with E-state index in [1.165, 1.54) is 0 Å². The minimum atomic E-state index is -0.676. The average molecular weight is 627 g/mol. The summed E-state index contributed by atoms with van der Waals surface area (Å²) in [5, 5.41) is 35.9. The van der Waals surface area contributed by atoms with E-state index in [2.05, 4.69) is 26.1 Å². The van der Waals surface area contributed by atoms with Gasteiger partial charge in [0.15, 0.2) is 6.61 Å². The third-order valence-electron chi connectivity index (χ3n) is 13.8. The number of piperidine rings is 1. The zero-order valence-electron chi connectivity index (χ0n) is 27.5. The van der Waals surface area contributed by atoms with Crippen LogP contribution in [0, 0.1) is 46.3 Å². The Hall–Kier alpha value is -2.00. The SMILES string of the molecule is C[C@H](CCC(=O)OCC(=O)OC1(c2ccccc2)CC[NH2+]CC1)[C@H]1CC[C@H]2[C@@H]3C(O)C[C@@H]4CC(O)CC[C@]4(C)[C@H]3CC(O)[C@]12C. The Balaban J connectivity index is 1.04. The van der Waals surface area contributed by atoms with Gasteiger partial charge >= 0.3 is 11.9 Å². The highest BCUT2D eigenvalue weighted by Crippen LogP contribution is 2.68. The highest BCUT2D eigenvalue weighted by atomic mass is 16.6. The summed E-state index contributed by atoms with van der Waals surface area (Å²) in [6, 6.07) is 9.86. The number of carbonyl (C=O) groups excluding carboxylic acids is 2. The highest BCUT2D eigenvalue weighted by Gasteiger charge is 2.65. The summed E-state index contributed by atoms with van der Waals surface area (Å²) in [6.45, 7) is 8.14. The van der Waals surface area contributed by atoms with Gasteiger partial charge in [-0.2, -0.15) is 0 Å². The smallest absolute Gasteiger partial charge is 0.345 e. The Labute approximate surface area is 268 Å². The molecule has 8 nitrogen and oxygen atoms in total. The molecule has 1 aromatic carbocycles. The molecule has 4 aliphatic carbocycles. The molecular formula is C37H56NO7+. The second-order valence-electron chi connectivity index (χ2n) is 15.9. The molecular weight excluding hydrogens is 570 g/mol. The van der Waals surface area contributed by atoms with Crippen LogP contribution in [0.3, 0.4) is 0 Å². The second-order valence-corrected chi connectivity index (χ2v) is 15.9. The van der Waals surface area contributed by atoms with Gasteiger partial charge in [-0.15, -0.1) is 0 Å². The largest absolute Gasteiger partial charge is 0.454 e. The molecule has 1 heterocycles. The third kappa shape index (κ3) is 5.98. The van der Waals surface area contributed by atoms with Crippen LogP contribution in [0.15, 0.2) is 30.3 Å². The Kier molecular flexibility index (Phi) is 9.43. The van der Waals surface area contributed by atoms with E-state index in [-0.39, 0.29) is 59.6 Å². The van der Waals surface area contributed by atoms with E-state index < -0.39 is 29.7 Å². The summed E-state index contributed by atoms with van der Waals surface area (Å²) >= 11 is 0. The standard InChI is InChI=1S/C37H55NO7/c1-23(9-12-32(42)44-22-33(43)45-37(15-17-38-18-16-37)24-7-5-4-6-8-24)27-10-11-28-34-29(21-31(41)36(27,28)3)35(2)14-13-26(39)19-25(35)20-30(34)40/h4-8,23,25-31,34,38-41H,9-22H2,1-3H3/p+1/t23-,25+,26?,27-,28+,29+,30?,31?,34+,35+,36-/m1/s1. The Morgan fingerprint density at radius 2 is 1.67 bits per heavy atom. The fraction of sp³-hybridized carbons (Fsp3) is 0.784. The fourth-order valence-electron chi connectivity index (χ4n) is 11.3. The normalized spacial score (nSPS) is 41.2. The number of hydrogen-bond acceptors (Lipinski definition) is 7. The number of benzene rings is 1. The molecule has 1 saturated heterocycles. The lowest BCUT2D eigenvalue weighted by atomic mass is 9.43. The molecule has 6 rings (SSSR count). The minimum Gasteiger partial charge on any atom is -0.454 e. The number of rotatable bonds is 8. The highest BCUT2D eigenvalue weighted by molar-refractivity contribution is 5.76. The van der Waals surface area contributed by atoms with Crippen molar-refractivity contribution in [3.63, 3.8) is 0 Å². The van der Waals surface area contributed by atoms with Crippen molar-refractivity contribution in [3.05, 3.63) is 35.9 Å². The summed E-state index contributed by atoms with van der Waals surface area (Å²) < 4.78 is 11.4. The van der Waals surface area contributed by atoms with Crippen molar-refractivity contribution in [2.45, 2.75) is 115 Å². The lowest BCUT2D eigenvalue weighted by Crippen LogP contribution is -2.87. The maximum absolute atomic E-state index is 12.9. The van der Waals surface area contributed by atoms with E-state index in [4.69, 9.17) is 9.47 Å². The van der Waals surface area contributed by atoms with Gasteiger partial charge in [0.2, 0.25) is 0 Å². The maximum atomic E-state index is 12.9. The van der Waals surface area contributed by atoms with E-state index in [1.54, 1.807) is 0 Å². The molecule has 0 aromatic heterocycles. The Bertz CT molecular complexity index is 1200. The predicted molar refractivity (Wildman–Crippen MR) is 168 cm³/mol. The number of ether oxygens (including phenoxy) is 2. The Morgan fingerprint density at radius 3 is 2.40 bits per heavy atom. The van der Waals surface area contributed by atoms with Crippen LogP contribution in [-0.2, 0) is 24.7 Å². The van der Waals surface area contributed by atoms with Gasteiger partial charge in [0.1, 0.15) is 5.60 Å². The summed E-state index contributed by atoms with van der Waals surface area (Å²) in [5.41, 5.74) is 0.0509. The van der Waals surface area contributed by atoms with Gasteiger partial charge in [-0.05, 0) is 103 Å². The van der Waals surface area contributed by atoms with Crippen molar-refractivity contribution in [2.75, 3.05) is 19.7 Å². The summed E-state index contributed by atoms with van der Waals surface area (Å²) in [5.74, 6) is 0.522. The lowest BCUT2D eigenvalue weighted by Gasteiger charge is -2.63. The van der Waals surface area contributed by atoms with Gasteiger partial charge in [0.25, 0.3) is 0 Å². The Morgan fingerprint density at radius 1 is 0.933 bits per heavy atom. The molecule has 8 heteroatoms. The van der Waals surface area contributed by atoms with E-state index in [1.807, 2.05) is 30.3 Å². The molecule has 0 radical (unpaired) electrons. The topological polar surface area (TPSA) is 130 Å². The van der Waals surface area contributed by atoms with Crippen LogP contribution in [0.2, 0.25) is 0 Å². The molecule has 0 spiro atoms. The van der Waals surface area contributed by atoms with E-state index in [9.17, 15) is 24.9 Å². The zero-order chi connectivity index (χ0) is 32.0. The summed E-state index contributed by atoms with van der Waals surface area (Å²) in [6.07, 6.45) is 7.12.